The molecule has 1 heterocycles. The Bertz CT molecular complexity index is 252. The van der Waals surface area contributed by atoms with E-state index in [0.717, 1.165) is 25.9 Å². The number of rotatable bonds is 3. The Morgan fingerprint density at radius 2 is 1.82 bits per heavy atom. The number of nitrogens with two attached hydrogens (primary N) is 1. The summed E-state index contributed by atoms with van der Waals surface area (Å²) in [5.41, 5.74) is 5.40. The summed E-state index contributed by atoms with van der Waals surface area (Å²) in [6, 6.07) is 0. The maximum Gasteiger partial charge on any atom is 0.236 e. The van der Waals surface area contributed by atoms with Crippen molar-refractivity contribution < 1.29 is 9.53 Å². The van der Waals surface area contributed by atoms with Crippen molar-refractivity contribution in [2.45, 2.75) is 57.2 Å². The van der Waals surface area contributed by atoms with Crippen molar-refractivity contribution in [1.82, 2.24) is 4.90 Å². The summed E-state index contributed by atoms with van der Waals surface area (Å²) in [6.07, 6.45) is 9.13. The van der Waals surface area contributed by atoms with Crippen LogP contribution < -0.4 is 5.73 Å². The highest BCUT2D eigenvalue weighted by atomic mass is 16.5. The van der Waals surface area contributed by atoms with Crippen molar-refractivity contribution in [2.75, 3.05) is 19.6 Å². The molecule has 1 atom stereocenters. The van der Waals surface area contributed by atoms with Gasteiger partial charge in [-0.1, -0.05) is 19.3 Å². The summed E-state index contributed by atoms with van der Waals surface area (Å²) in [7, 11) is 0. The normalized spacial score (nSPS) is 27.1. The third kappa shape index (κ3) is 3.68. The van der Waals surface area contributed by atoms with E-state index in [1.165, 1.54) is 32.1 Å². The molecule has 1 saturated heterocycles. The average Bonchev–Trinajstić information content (AvgIpc) is 2.39. The van der Waals surface area contributed by atoms with Crippen molar-refractivity contribution in [3.8, 4) is 0 Å². The summed E-state index contributed by atoms with van der Waals surface area (Å²) in [6.45, 7) is 1.71. The summed E-state index contributed by atoms with van der Waals surface area (Å²) < 4.78 is 6.12. The molecule has 2 N–H and O–H groups in total. The lowest BCUT2D eigenvalue weighted by atomic mass is 9.97. The first kappa shape index (κ1) is 12.8. The number of nitrogens with zero attached hydrogens (tertiary/aromatic N) is 1. The highest BCUT2D eigenvalue weighted by Gasteiger charge is 2.26. The van der Waals surface area contributed by atoms with E-state index >= 15 is 0 Å². The van der Waals surface area contributed by atoms with Gasteiger partial charge in [0.2, 0.25) is 5.91 Å². The van der Waals surface area contributed by atoms with E-state index in [1.807, 2.05) is 4.90 Å². The van der Waals surface area contributed by atoms with Gasteiger partial charge in [0, 0.05) is 13.1 Å². The van der Waals surface area contributed by atoms with Gasteiger partial charge in [0.1, 0.15) is 0 Å². The number of piperidine rings is 1. The van der Waals surface area contributed by atoms with Crippen molar-refractivity contribution in [1.29, 1.82) is 0 Å². The number of amides is 1. The van der Waals surface area contributed by atoms with Gasteiger partial charge in [0.05, 0.1) is 18.8 Å². The van der Waals surface area contributed by atoms with Crippen LogP contribution in [0, 0.1) is 0 Å². The van der Waals surface area contributed by atoms with Gasteiger partial charge in [0.15, 0.2) is 0 Å². The molecule has 1 amide bonds. The Balaban J connectivity index is 1.78. The third-order valence-electron chi connectivity index (χ3n) is 3.84. The molecule has 0 bridgehead atoms. The number of ether oxygens (including phenoxy) is 1. The summed E-state index contributed by atoms with van der Waals surface area (Å²) in [4.78, 5) is 13.4. The molecule has 0 aromatic rings. The van der Waals surface area contributed by atoms with Crippen LogP contribution in [0.3, 0.4) is 0 Å². The van der Waals surface area contributed by atoms with Crippen molar-refractivity contribution in [3.63, 3.8) is 0 Å². The summed E-state index contributed by atoms with van der Waals surface area (Å²) in [5, 5.41) is 0. The van der Waals surface area contributed by atoms with Gasteiger partial charge in [0.25, 0.3) is 0 Å². The van der Waals surface area contributed by atoms with Gasteiger partial charge in [-0.05, 0) is 25.7 Å². The number of hydrogen-bond acceptors (Lipinski definition) is 3. The summed E-state index contributed by atoms with van der Waals surface area (Å²) in [5.74, 6) is 0.0574. The van der Waals surface area contributed by atoms with Crippen LogP contribution >= 0.6 is 0 Å². The van der Waals surface area contributed by atoms with Gasteiger partial charge >= 0.3 is 0 Å². The number of carbonyl (C=O) groups is 1. The fraction of sp³-hybridized carbons (Fsp3) is 0.923. The van der Waals surface area contributed by atoms with Crippen LogP contribution in [0.15, 0.2) is 0 Å². The molecule has 0 aromatic carbocycles. The molecule has 1 saturated carbocycles. The maximum atomic E-state index is 11.5. The van der Waals surface area contributed by atoms with Crippen LogP contribution in [-0.2, 0) is 9.53 Å². The van der Waals surface area contributed by atoms with Gasteiger partial charge in [-0.2, -0.15) is 0 Å². The van der Waals surface area contributed by atoms with Crippen LogP contribution in [-0.4, -0.2) is 42.6 Å². The maximum absolute atomic E-state index is 11.5. The Kier molecular flexibility index (Phi) is 4.80. The molecule has 98 valence electrons. The largest absolute Gasteiger partial charge is 0.373 e. The fourth-order valence-corrected chi connectivity index (χ4v) is 2.88. The van der Waals surface area contributed by atoms with E-state index in [0.29, 0.717) is 6.10 Å². The van der Waals surface area contributed by atoms with Gasteiger partial charge < -0.3 is 15.4 Å². The van der Waals surface area contributed by atoms with Crippen molar-refractivity contribution >= 4 is 5.91 Å². The molecule has 4 nitrogen and oxygen atoms in total. The van der Waals surface area contributed by atoms with Crippen LogP contribution in [0.5, 0.6) is 0 Å². The molecular weight excluding hydrogens is 216 g/mol. The van der Waals surface area contributed by atoms with Crippen LogP contribution in [0.2, 0.25) is 0 Å². The SMILES string of the molecule is NCC(=O)N1CCCC(OC2CCCCC2)C1. The number of hydrogen-bond donors (Lipinski definition) is 1. The van der Waals surface area contributed by atoms with Crippen LogP contribution in [0.1, 0.15) is 44.9 Å². The minimum absolute atomic E-state index is 0.0574. The van der Waals surface area contributed by atoms with Gasteiger partial charge in [-0.3, -0.25) is 4.79 Å². The van der Waals surface area contributed by atoms with Crippen LogP contribution in [0.4, 0.5) is 0 Å². The van der Waals surface area contributed by atoms with Crippen LogP contribution in [0.25, 0.3) is 0 Å². The Labute approximate surface area is 103 Å². The average molecular weight is 240 g/mol. The number of likely N-dealkylation sites (tertiary alicyclic amines) is 1. The molecule has 2 rings (SSSR count). The second-order valence-corrected chi connectivity index (χ2v) is 5.20. The molecule has 1 unspecified atom stereocenters. The lowest BCUT2D eigenvalue weighted by Crippen LogP contribution is -2.46. The Morgan fingerprint density at radius 3 is 2.53 bits per heavy atom. The van der Waals surface area contributed by atoms with Crippen molar-refractivity contribution in [3.05, 3.63) is 0 Å². The van der Waals surface area contributed by atoms with E-state index in [1.54, 1.807) is 0 Å². The smallest absolute Gasteiger partial charge is 0.236 e. The van der Waals surface area contributed by atoms with Gasteiger partial charge in [-0.15, -0.1) is 0 Å². The lowest BCUT2D eigenvalue weighted by molar-refractivity contribution is -0.135. The van der Waals surface area contributed by atoms with E-state index in [2.05, 4.69) is 0 Å². The third-order valence-corrected chi connectivity index (χ3v) is 3.84. The minimum Gasteiger partial charge on any atom is -0.373 e. The fourth-order valence-electron chi connectivity index (χ4n) is 2.88. The quantitative estimate of drug-likeness (QED) is 0.808. The molecule has 0 aromatic heterocycles. The van der Waals surface area contributed by atoms with E-state index in [4.69, 9.17) is 10.5 Å². The van der Waals surface area contributed by atoms with E-state index in [9.17, 15) is 4.79 Å². The molecule has 1 aliphatic carbocycles. The molecule has 0 radical (unpaired) electrons. The highest BCUT2D eigenvalue weighted by Crippen LogP contribution is 2.24. The first-order chi connectivity index (χ1) is 8.29. The molecule has 2 aliphatic rings. The van der Waals surface area contributed by atoms with E-state index in [-0.39, 0.29) is 18.6 Å². The van der Waals surface area contributed by atoms with Crippen molar-refractivity contribution in [2.24, 2.45) is 5.73 Å². The molecule has 4 heteroatoms. The predicted molar refractivity (Wildman–Crippen MR) is 66.6 cm³/mol. The second-order valence-electron chi connectivity index (χ2n) is 5.20. The second kappa shape index (κ2) is 6.36. The number of carbonyl (C=O) groups excluding carboxylic acids is 1. The Hall–Kier alpha value is -0.610. The molecular formula is C13H24N2O2. The molecule has 1 aliphatic heterocycles. The zero-order valence-electron chi connectivity index (χ0n) is 10.6. The predicted octanol–water partition coefficient (Wildman–Crippen LogP) is 1.29. The van der Waals surface area contributed by atoms with Gasteiger partial charge in [-0.25, -0.2) is 0 Å². The highest BCUT2D eigenvalue weighted by molar-refractivity contribution is 5.78. The summed E-state index contributed by atoms with van der Waals surface area (Å²) >= 11 is 0. The van der Waals surface area contributed by atoms with E-state index < -0.39 is 0 Å². The first-order valence-corrected chi connectivity index (χ1v) is 6.93. The lowest BCUT2D eigenvalue weighted by Gasteiger charge is -2.35. The first-order valence-electron chi connectivity index (χ1n) is 6.93. The Morgan fingerprint density at radius 1 is 1.12 bits per heavy atom. The standard InChI is InChI=1S/C13H24N2O2/c14-9-13(16)15-8-4-7-12(10-15)17-11-5-2-1-3-6-11/h11-12H,1-10,14H2. The molecule has 17 heavy (non-hydrogen) atoms. The minimum atomic E-state index is 0.0574. The monoisotopic (exact) mass is 240 g/mol. The zero-order chi connectivity index (χ0) is 12.1. The topological polar surface area (TPSA) is 55.6 Å². The molecule has 0 spiro atoms. The molecule has 2 fully saturated rings. The zero-order valence-corrected chi connectivity index (χ0v) is 10.6.